The van der Waals surface area contributed by atoms with Crippen LogP contribution in [0.5, 0.6) is 0 Å². The summed E-state index contributed by atoms with van der Waals surface area (Å²) in [5.41, 5.74) is 1.25. The summed E-state index contributed by atoms with van der Waals surface area (Å²) < 4.78 is 5.74. The molecular weight excluding hydrogens is 358 g/mol. The molecular formula is C21H31N3O2S. The molecule has 2 aromatic rings. The summed E-state index contributed by atoms with van der Waals surface area (Å²) in [5.74, 6) is 2.27. The topological polar surface area (TPSA) is 59.2 Å². The molecule has 0 saturated heterocycles. The molecule has 0 aliphatic heterocycles. The first kappa shape index (κ1) is 21.5. The van der Waals surface area contributed by atoms with Gasteiger partial charge in [-0.05, 0) is 23.3 Å². The zero-order valence-corrected chi connectivity index (χ0v) is 17.8. The molecule has 27 heavy (non-hydrogen) atoms. The maximum absolute atomic E-state index is 12.6. The number of aromatic nitrogens is 2. The van der Waals surface area contributed by atoms with Gasteiger partial charge in [0.1, 0.15) is 0 Å². The fourth-order valence-electron chi connectivity index (χ4n) is 2.91. The van der Waals surface area contributed by atoms with Crippen molar-refractivity contribution in [3.8, 4) is 0 Å². The van der Waals surface area contributed by atoms with Crippen LogP contribution in [-0.4, -0.2) is 39.8 Å². The Balaban J connectivity index is 1.88. The van der Waals surface area contributed by atoms with Gasteiger partial charge in [-0.2, -0.15) is 0 Å². The molecule has 0 aliphatic rings. The van der Waals surface area contributed by atoms with E-state index in [0.29, 0.717) is 41.0 Å². The van der Waals surface area contributed by atoms with E-state index in [9.17, 15) is 4.79 Å². The number of carbonyl (C=O) groups excluding carboxylic acids is 1. The maximum atomic E-state index is 12.6. The Morgan fingerprint density at radius 1 is 1.04 bits per heavy atom. The van der Waals surface area contributed by atoms with E-state index in [2.05, 4.69) is 56.9 Å². The number of nitrogens with zero attached hydrogens (tertiary/aromatic N) is 3. The average Bonchev–Trinajstić information content (AvgIpc) is 3.06. The van der Waals surface area contributed by atoms with Gasteiger partial charge in [0.25, 0.3) is 5.22 Å². The van der Waals surface area contributed by atoms with Gasteiger partial charge in [0.15, 0.2) is 0 Å². The van der Waals surface area contributed by atoms with Crippen LogP contribution in [0, 0.1) is 11.8 Å². The molecule has 0 aliphatic carbocycles. The van der Waals surface area contributed by atoms with E-state index < -0.39 is 0 Å². The highest BCUT2D eigenvalue weighted by atomic mass is 32.2. The van der Waals surface area contributed by atoms with Crippen LogP contribution in [-0.2, 0) is 11.2 Å². The zero-order chi connectivity index (χ0) is 19.8. The molecule has 0 spiro atoms. The Morgan fingerprint density at radius 2 is 1.67 bits per heavy atom. The van der Waals surface area contributed by atoms with Crippen LogP contribution in [0.4, 0.5) is 0 Å². The number of hydrogen-bond acceptors (Lipinski definition) is 5. The molecule has 0 N–H and O–H groups in total. The lowest BCUT2D eigenvalue weighted by atomic mass is 9.98. The van der Waals surface area contributed by atoms with Crippen molar-refractivity contribution >= 4 is 17.7 Å². The van der Waals surface area contributed by atoms with Crippen LogP contribution in [0.25, 0.3) is 0 Å². The van der Waals surface area contributed by atoms with Crippen LogP contribution >= 0.6 is 11.8 Å². The first-order valence-electron chi connectivity index (χ1n) is 9.63. The van der Waals surface area contributed by atoms with Crippen molar-refractivity contribution in [3.05, 3.63) is 41.8 Å². The Labute approximate surface area is 166 Å². The Hall–Kier alpha value is -1.82. The van der Waals surface area contributed by atoms with Gasteiger partial charge in [0, 0.05) is 19.5 Å². The van der Waals surface area contributed by atoms with E-state index >= 15 is 0 Å². The van der Waals surface area contributed by atoms with Crippen LogP contribution in [0.1, 0.15) is 52.0 Å². The van der Waals surface area contributed by atoms with E-state index in [1.807, 2.05) is 23.1 Å². The molecule has 0 saturated carbocycles. The molecule has 1 aromatic heterocycles. The molecule has 1 unspecified atom stereocenters. The molecule has 2 rings (SSSR count). The minimum Gasteiger partial charge on any atom is -0.416 e. The maximum Gasteiger partial charge on any atom is 0.277 e. The lowest BCUT2D eigenvalue weighted by molar-refractivity contribution is -0.129. The van der Waals surface area contributed by atoms with Gasteiger partial charge >= 0.3 is 0 Å². The van der Waals surface area contributed by atoms with Gasteiger partial charge in [-0.3, -0.25) is 4.79 Å². The number of rotatable bonds is 10. The van der Waals surface area contributed by atoms with Crippen molar-refractivity contribution < 1.29 is 9.21 Å². The molecule has 0 radical (unpaired) electrons. The normalized spacial score (nSPS) is 12.6. The van der Waals surface area contributed by atoms with Crippen molar-refractivity contribution in [2.24, 2.45) is 11.8 Å². The molecule has 1 atom stereocenters. The second-order valence-electron chi connectivity index (χ2n) is 7.85. The second kappa shape index (κ2) is 10.5. The molecule has 1 aromatic carbocycles. The third-order valence-corrected chi connectivity index (χ3v) is 4.94. The van der Waals surface area contributed by atoms with Crippen molar-refractivity contribution in [1.82, 2.24) is 15.1 Å². The third kappa shape index (κ3) is 7.37. The number of benzene rings is 1. The van der Waals surface area contributed by atoms with E-state index in [0.717, 1.165) is 13.1 Å². The smallest absolute Gasteiger partial charge is 0.277 e. The lowest BCUT2D eigenvalue weighted by Gasteiger charge is -2.26. The SMILES string of the molecule is CC(C)CN(CC(C)C)C(=O)CSc1nnc(CC(C)c2ccccc2)o1. The minimum atomic E-state index is 0.125. The van der Waals surface area contributed by atoms with Crippen molar-refractivity contribution in [1.29, 1.82) is 0 Å². The van der Waals surface area contributed by atoms with Crippen LogP contribution in [0.2, 0.25) is 0 Å². The summed E-state index contributed by atoms with van der Waals surface area (Å²) in [7, 11) is 0. The fraction of sp³-hybridized carbons (Fsp3) is 0.571. The predicted molar refractivity (Wildman–Crippen MR) is 110 cm³/mol. The minimum absolute atomic E-state index is 0.125. The predicted octanol–water partition coefficient (Wildman–Crippen LogP) is 4.65. The van der Waals surface area contributed by atoms with E-state index in [4.69, 9.17) is 4.42 Å². The Bertz CT molecular complexity index is 690. The first-order chi connectivity index (χ1) is 12.8. The monoisotopic (exact) mass is 389 g/mol. The summed E-state index contributed by atoms with van der Waals surface area (Å²) in [4.78, 5) is 14.5. The molecule has 1 amide bonds. The summed E-state index contributed by atoms with van der Waals surface area (Å²) in [6.45, 7) is 12.2. The molecule has 0 bridgehead atoms. The molecule has 6 heteroatoms. The highest BCUT2D eigenvalue weighted by Crippen LogP contribution is 2.22. The summed E-state index contributed by atoms with van der Waals surface area (Å²) in [6.07, 6.45) is 0.693. The van der Waals surface area contributed by atoms with E-state index in [-0.39, 0.29) is 5.91 Å². The van der Waals surface area contributed by atoms with Crippen LogP contribution in [0.15, 0.2) is 40.0 Å². The third-order valence-electron chi connectivity index (χ3n) is 4.14. The molecule has 0 fully saturated rings. The van der Waals surface area contributed by atoms with E-state index in [1.54, 1.807) is 0 Å². The van der Waals surface area contributed by atoms with Crippen molar-refractivity contribution in [2.45, 2.75) is 52.2 Å². The standard InChI is InChI=1S/C21H31N3O2S/c1-15(2)12-24(13-16(3)4)20(25)14-27-21-23-22-19(26-21)11-17(5)18-9-7-6-8-10-18/h6-10,15-17H,11-14H2,1-5H3. The number of carbonyl (C=O) groups is 1. The van der Waals surface area contributed by atoms with Gasteiger partial charge in [-0.15, -0.1) is 10.2 Å². The van der Waals surface area contributed by atoms with Crippen molar-refractivity contribution in [3.63, 3.8) is 0 Å². The lowest BCUT2D eigenvalue weighted by Crippen LogP contribution is -2.38. The van der Waals surface area contributed by atoms with Gasteiger partial charge in [-0.1, -0.05) is 76.7 Å². The van der Waals surface area contributed by atoms with Crippen molar-refractivity contribution in [2.75, 3.05) is 18.8 Å². The Kier molecular flexibility index (Phi) is 8.35. The average molecular weight is 390 g/mol. The number of hydrogen-bond donors (Lipinski definition) is 0. The summed E-state index contributed by atoms with van der Waals surface area (Å²) >= 11 is 1.32. The summed E-state index contributed by atoms with van der Waals surface area (Å²) in [6, 6.07) is 10.3. The fourth-order valence-corrected chi connectivity index (χ4v) is 3.60. The largest absolute Gasteiger partial charge is 0.416 e. The zero-order valence-electron chi connectivity index (χ0n) is 17.0. The highest BCUT2D eigenvalue weighted by molar-refractivity contribution is 7.99. The van der Waals surface area contributed by atoms with Crippen LogP contribution < -0.4 is 0 Å². The quantitative estimate of drug-likeness (QED) is 0.554. The first-order valence-corrected chi connectivity index (χ1v) is 10.6. The van der Waals surface area contributed by atoms with Gasteiger partial charge < -0.3 is 9.32 Å². The number of amides is 1. The highest BCUT2D eigenvalue weighted by Gasteiger charge is 2.18. The van der Waals surface area contributed by atoms with E-state index in [1.165, 1.54) is 17.3 Å². The summed E-state index contributed by atoms with van der Waals surface area (Å²) in [5, 5.41) is 8.70. The van der Waals surface area contributed by atoms with Gasteiger partial charge in [-0.25, -0.2) is 0 Å². The Morgan fingerprint density at radius 3 is 2.26 bits per heavy atom. The molecule has 1 heterocycles. The van der Waals surface area contributed by atoms with Gasteiger partial charge in [0.05, 0.1) is 5.75 Å². The molecule has 148 valence electrons. The number of thioether (sulfide) groups is 1. The van der Waals surface area contributed by atoms with Crippen LogP contribution in [0.3, 0.4) is 0 Å². The second-order valence-corrected chi connectivity index (χ2v) is 8.78. The van der Waals surface area contributed by atoms with Gasteiger partial charge in [0.2, 0.25) is 11.8 Å². The molecule has 5 nitrogen and oxygen atoms in total.